The Bertz CT molecular complexity index is 1000. The smallest absolute Gasteiger partial charge is 0.324 e. The summed E-state index contributed by atoms with van der Waals surface area (Å²) in [4.78, 5) is 44.4. The number of phenols is 1. The van der Waals surface area contributed by atoms with Gasteiger partial charge in [0.05, 0.1) is 0 Å². The number of imide groups is 1. The van der Waals surface area contributed by atoms with Gasteiger partial charge in [-0.15, -0.1) is 0 Å². The second-order valence-corrected chi connectivity index (χ2v) is 7.89. The van der Waals surface area contributed by atoms with Crippen LogP contribution in [-0.4, -0.2) is 58.4 Å². The minimum atomic E-state index is -0.316. The number of hydrogen-bond donors (Lipinski definition) is 2. The fourth-order valence-electron chi connectivity index (χ4n) is 4.14. The van der Waals surface area contributed by atoms with E-state index in [0.717, 1.165) is 12.8 Å². The lowest BCUT2D eigenvalue weighted by molar-refractivity contribution is -0.118. The van der Waals surface area contributed by atoms with Gasteiger partial charge in [0.25, 0.3) is 0 Å². The van der Waals surface area contributed by atoms with Gasteiger partial charge in [0.1, 0.15) is 18.1 Å². The molecule has 3 heterocycles. The molecule has 0 unspecified atom stereocenters. The molecule has 3 amide bonds. The highest BCUT2D eigenvalue weighted by atomic mass is 16.3. The van der Waals surface area contributed by atoms with E-state index >= 15 is 0 Å². The average molecular weight is 408 g/mol. The Balaban J connectivity index is 1.47. The number of amides is 3. The zero-order chi connectivity index (χ0) is 21.4. The average Bonchev–Trinajstić information content (AvgIpc) is 3.09. The Morgan fingerprint density at radius 3 is 2.37 bits per heavy atom. The van der Waals surface area contributed by atoms with Crippen LogP contribution in [0.2, 0.25) is 0 Å². The molecule has 8 nitrogen and oxygen atoms in total. The summed E-state index contributed by atoms with van der Waals surface area (Å²) in [5.74, 6) is 0.550. The molecule has 0 saturated carbocycles. The van der Waals surface area contributed by atoms with Crippen LogP contribution in [-0.2, 0) is 4.79 Å². The first-order valence-electron chi connectivity index (χ1n) is 10.00. The molecular formula is C22H24N4O4. The van der Waals surface area contributed by atoms with Crippen molar-refractivity contribution >= 4 is 23.5 Å². The van der Waals surface area contributed by atoms with Crippen molar-refractivity contribution in [1.29, 1.82) is 0 Å². The first kappa shape index (κ1) is 19.9. The van der Waals surface area contributed by atoms with E-state index in [1.807, 2.05) is 0 Å². The highest BCUT2D eigenvalue weighted by Gasteiger charge is 2.34. The zero-order valence-corrected chi connectivity index (χ0v) is 17.0. The monoisotopic (exact) mass is 408 g/mol. The molecule has 0 bridgehead atoms. The third kappa shape index (κ3) is 3.72. The number of phenolic OH excluding ortho intramolecular Hbond substituents is 1. The Hall–Kier alpha value is -3.42. The molecule has 8 heteroatoms. The number of benzene rings is 1. The number of carbonyl (C=O) groups excluding carboxylic acids is 3. The topological polar surface area (TPSA) is 103 Å². The molecule has 2 fully saturated rings. The maximum Gasteiger partial charge on any atom is 0.324 e. The Kier molecular flexibility index (Phi) is 5.15. The summed E-state index contributed by atoms with van der Waals surface area (Å²) < 4.78 is 0. The lowest BCUT2D eigenvalue weighted by atomic mass is 9.98. The number of piperidine rings is 1. The maximum absolute atomic E-state index is 13.0. The number of rotatable bonds is 4. The number of carbonyl (C=O) groups is 3. The zero-order valence-electron chi connectivity index (χ0n) is 17.0. The number of aryl methyl sites for hydroxylation is 2. The second-order valence-electron chi connectivity index (χ2n) is 7.89. The summed E-state index contributed by atoms with van der Waals surface area (Å²) in [6, 6.07) is 6.57. The third-order valence-corrected chi connectivity index (χ3v) is 5.81. The summed E-state index contributed by atoms with van der Waals surface area (Å²) >= 11 is 0. The molecule has 2 aliphatic heterocycles. The van der Waals surface area contributed by atoms with Crippen LogP contribution in [0.5, 0.6) is 5.75 Å². The standard InChI is InChI=1S/C22H24N4O4/c1-13-9-16(10-14(2)20(13)28)21(29)15-3-6-23-18(11-15)25-7-4-17(5-8-25)26-12-19(27)24-22(26)30/h3,6,9-11,17,28H,4-5,7-8,12H2,1-2H3,(H,24,27,30). The molecule has 1 aromatic carbocycles. The van der Waals surface area contributed by atoms with Crippen LogP contribution in [0, 0.1) is 13.8 Å². The molecule has 30 heavy (non-hydrogen) atoms. The van der Waals surface area contributed by atoms with Crippen molar-refractivity contribution in [2.45, 2.75) is 32.7 Å². The number of pyridine rings is 1. The van der Waals surface area contributed by atoms with Crippen LogP contribution < -0.4 is 10.2 Å². The molecule has 0 aliphatic carbocycles. The first-order valence-corrected chi connectivity index (χ1v) is 10.00. The van der Waals surface area contributed by atoms with Gasteiger partial charge >= 0.3 is 6.03 Å². The van der Waals surface area contributed by atoms with Crippen LogP contribution >= 0.6 is 0 Å². The predicted octanol–water partition coefficient (Wildman–Crippen LogP) is 2.16. The van der Waals surface area contributed by atoms with Crippen molar-refractivity contribution in [2.75, 3.05) is 24.5 Å². The third-order valence-electron chi connectivity index (χ3n) is 5.81. The molecule has 2 aromatic rings. The summed E-state index contributed by atoms with van der Waals surface area (Å²) in [5.41, 5.74) is 2.40. The molecule has 1 aromatic heterocycles. The van der Waals surface area contributed by atoms with Gasteiger partial charge in [0.2, 0.25) is 5.91 Å². The minimum Gasteiger partial charge on any atom is -0.507 e. The quantitative estimate of drug-likeness (QED) is 0.594. The van der Waals surface area contributed by atoms with E-state index in [4.69, 9.17) is 0 Å². The summed E-state index contributed by atoms with van der Waals surface area (Å²) in [6.45, 7) is 5.04. The van der Waals surface area contributed by atoms with Crippen molar-refractivity contribution in [3.63, 3.8) is 0 Å². The lowest BCUT2D eigenvalue weighted by Gasteiger charge is -2.36. The van der Waals surface area contributed by atoms with Gasteiger partial charge in [-0.2, -0.15) is 0 Å². The number of aromatic nitrogens is 1. The molecule has 2 N–H and O–H groups in total. The van der Waals surface area contributed by atoms with Crippen LogP contribution in [0.1, 0.15) is 39.9 Å². The van der Waals surface area contributed by atoms with E-state index in [-0.39, 0.29) is 36.1 Å². The summed E-state index contributed by atoms with van der Waals surface area (Å²) in [7, 11) is 0. The number of ketones is 1. The van der Waals surface area contributed by atoms with Gasteiger partial charge in [-0.1, -0.05) is 0 Å². The number of aromatic hydroxyl groups is 1. The van der Waals surface area contributed by atoms with Crippen molar-refractivity contribution in [2.24, 2.45) is 0 Å². The molecule has 2 saturated heterocycles. The van der Waals surface area contributed by atoms with Crippen molar-refractivity contribution in [3.05, 3.63) is 52.7 Å². The van der Waals surface area contributed by atoms with Crippen molar-refractivity contribution < 1.29 is 19.5 Å². The second kappa shape index (κ2) is 7.78. The van der Waals surface area contributed by atoms with Gasteiger partial charge in [-0.05, 0) is 62.1 Å². The van der Waals surface area contributed by atoms with Gasteiger partial charge in [-0.25, -0.2) is 9.78 Å². The lowest BCUT2D eigenvalue weighted by Crippen LogP contribution is -2.46. The number of anilines is 1. The minimum absolute atomic E-state index is 0.0282. The summed E-state index contributed by atoms with van der Waals surface area (Å²) in [5, 5.41) is 12.3. The molecule has 4 rings (SSSR count). The van der Waals surface area contributed by atoms with Gasteiger partial charge in [0, 0.05) is 36.5 Å². The van der Waals surface area contributed by atoms with Gasteiger partial charge in [0.15, 0.2) is 5.78 Å². The number of hydrogen-bond acceptors (Lipinski definition) is 6. The normalized spacial score (nSPS) is 17.4. The number of nitrogens with one attached hydrogen (secondary N) is 1. The molecular weight excluding hydrogens is 384 g/mol. The van der Waals surface area contributed by atoms with Crippen molar-refractivity contribution in [3.8, 4) is 5.75 Å². The molecule has 156 valence electrons. The fourth-order valence-corrected chi connectivity index (χ4v) is 4.14. The summed E-state index contributed by atoms with van der Waals surface area (Å²) in [6.07, 6.45) is 3.09. The number of nitrogens with zero attached hydrogens (tertiary/aromatic N) is 3. The van der Waals surface area contributed by atoms with Crippen molar-refractivity contribution in [1.82, 2.24) is 15.2 Å². The fraction of sp³-hybridized carbons (Fsp3) is 0.364. The van der Waals surface area contributed by atoms with E-state index in [9.17, 15) is 19.5 Å². The highest BCUT2D eigenvalue weighted by molar-refractivity contribution is 6.09. The Labute approximate surface area is 174 Å². The SMILES string of the molecule is Cc1cc(C(=O)c2ccnc(N3CCC(N4CC(=O)NC4=O)CC3)c2)cc(C)c1O. The Morgan fingerprint density at radius 2 is 1.77 bits per heavy atom. The van der Waals surface area contributed by atoms with E-state index in [1.54, 1.807) is 49.2 Å². The molecule has 0 radical (unpaired) electrons. The van der Waals surface area contributed by atoms with Crippen LogP contribution in [0.25, 0.3) is 0 Å². The molecule has 0 spiro atoms. The van der Waals surface area contributed by atoms with E-state index in [0.29, 0.717) is 41.2 Å². The largest absolute Gasteiger partial charge is 0.507 e. The maximum atomic E-state index is 13.0. The highest BCUT2D eigenvalue weighted by Crippen LogP contribution is 2.26. The van der Waals surface area contributed by atoms with Gasteiger partial charge in [-0.3, -0.25) is 14.9 Å². The predicted molar refractivity (Wildman–Crippen MR) is 111 cm³/mol. The van der Waals surface area contributed by atoms with Gasteiger partial charge < -0.3 is 14.9 Å². The van der Waals surface area contributed by atoms with E-state index in [2.05, 4.69) is 15.2 Å². The number of urea groups is 1. The first-order chi connectivity index (χ1) is 14.3. The molecule has 0 atom stereocenters. The van der Waals surface area contributed by atoms with E-state index < -0.39 is 0 Å². The van der Waals surface area contributed by atoms with Crippen LogP contribution in [0.4, 0.5) is 10.6 Å². The van der Waals surface area contributed by atoms with Crippen LogP contribution in [0.15, 0.2) is 30.5 Å². The Morgan fingerprint density at radius 1 is 1.10 bits per heavy atom. The molecule has 2 aliphatic rings. The van der Waals surface area contributed by atoms with Crippen LogP contribution in [0.3, 0.4) is 0 Å². The van der Waals surface area contributed by atoms with E-state index in [1.165, 1.54) is 0 Å².